The molecule has 0 spiro atoms. The predicted molar refractivity (Wildman–Crippen MR) is 64.2 cm³/mol. The monoisotopic (exact) mass is 212 g/mol. The van der Waals surface area contributed by atoms with Gasteiger partial charge in [-0.15, -0.1) is 0 Å². The Labute approximate surface area is 94.2 Å². The van der Waals surface area contributed by atoms with Crippen molar-refractivity contribution in [2.75, 3.05) is 6.61 Å². The standard InChI is InChI=1S/C14H12O2/c15-10-4-3-6-12-9-8-11-5-1-2-7-13(11)14(12)16/h1-2,5,7-9,15-16H,4,10H2. The van der Waals surface area contributed by atoms with Crippen molar-refractivity contribution in [3.05, 3.63) is 42.0 Å². The van der Waals surface area contributed by atoms with Crippen molar-refractivity contribution in [1.29, 1.82) is 0 Å². The van der Waals surface area contributed by atoms with E-state index >= 15 is 0 Å². The number of aromatic hydroxyl groups is 1. The van der Waals surface area contributed by atoms with Crippen LogP contribution in [0.1, 0.15) is 12.0 Å². The summed E-state index contributed by atoms with van der Waals surface area (Å²) in [5.74, 6) is 5.85. The van der Waals surface area contributed by atoms with E-state index in [0.717, 1.165) is 10.8 Å². The summed E-state index contributed by atoms with van der Waals surface area (Å²) in [7, 11) is 0. The minimum Gasteiger partial charge on any atom is -0.506 e. The first-order chi connectivity index (χ1) is 7.83. The predicted octanol–water partition coefficient (Wildman–Crippen LogP) is 2.28. The number of hydrogen-bond donors (Lipinski definition) is 2. The highest BCUT2D eigenvalue weighted by molar-refractivity contribution is 5.90. The fraction of sp³-hybridized carbons (Fsp3) is 0.143. The zero-order chi connectivity index (χ0) is 11.4. The van der Waals surface area contributed by atoms with Crippen molar-refractivity contribution in [3.63, 3.8) is 0 Å². The minimum absolute atomic E-state index is 0.0430. The van der Waals surface area contributed by atoms with E-state index in [1.807, 2.05) is 30.3 Å². The first-order valence-electron chi connectivity index (χ1n) is 5.13. The van der Waals surface area contributed by atoms with Crippen LogP contribution in [0.25, 0.3) is 10.8 Å². The van der Waals surface area contributed by atoms with E-state index in [4.69, 9.17) is 5.11 Å². The zero-order valence-electron chi connectivity index (χ0n) is 8.77. The Morgan fingerprint density at radius 3 is 2.69 bits per heavy atom. The van der Waals surface area contributed by atoms with Gasteiger partial charge in [-0.05, 0) is 11.5 Å². The summed E-state index contributed by atoms with van der Waals surface area (Å²) in [5, 5.41) is 20.4. The molecule has 0 aliphatic rings. The minimum atomic E-state index is 0.0430. The molecule has 0 atom stereocenters. The maximum absolute atomic E-state index is 9.98. The summed E-state index contributed by atoms with van der Waals surface area (Å²) in [5.41, 5.74) is 0.604. The van der Waals surface area contributed by atoms with Gasteiger partial charge >= 0.3 is 0 Å². The number of aliphatic hydroxyl groups excluding tert-OH is 1. The molecule has 0 saturated heterocycles. The lowest BCUT2D eigenvalue weighted by atomic mass is 10.1. The van der Waals surface area contributed by atoms with Crippen molar-refractivity contribution in [2.24, 2.45) is 0 Å². The van der Waals surface area contributed by atoms with Crippen LogP contribution in [0.4, 0.5) is 0 Å². The quantitative estimate of drug-likeness (QED) is 0.712. The molecule has 0 bridgehead atoms. The van der Waals surface area contributed by atoms with Crippen LogP contribution in [0.5, 0.6) is 5.75 Å². The lowest BCUT2D eigenvalue weighted by Crippen LogP contribution is -1.81. The second-order valence-electron chi connectivity index (χ2n) is 3.46. The van der Waals surface area contributed by atoms with E-state index in [1.165, 1.54) is 0 Å². The molecule has 0 saturated carbocycles. The smallest absolute Gasteiger partial charge is 0.139 e. The number of benzene rings is 2. The molecule has 2 nitrogen and oxygen atoms in total. The molecule has 0 fully saturated rings. The SMILES string of the molecule is OCCC#Cc1ccc2ccccc2c1O. The summed E-state index contributed by atoms with van der Waals surface area (Å²) >= 11 is 0. The Morgan fingerprint density at radius 1 is 1.06 bits per heavy atom. The number of phenols is 1. The lowest BCUT2D eigenvalue weighted by molar-refractivity contribution is 0.305. The van der Waals surface area contributed by atoms with E-state index in [9.17, 15) is 5.11 Å². The molecule has 0 aliphatic heterocycles. The molecule has 0 aliphatic carbocycles. The van der Waals surface area contributed by atoms with Gasteiger partial charge in [0.15, 0.2) is 0 Å². The van der Waals surface area contributed by atoms with Gasteiger partial charge in [-0.3, -0.25) is 0 Å². The average Bonchev–Trinajstić information content (AvgIpc) is 2.33. The van der Waals surface area contributed by atoms with Crippen LogP contribution in [-0.2, 0) is 0 Å². The van der Waals surface area contributed by atoms with Crippen LogP contribution < -0.4 is 0 Å². The number of aliphatic hydroxyl groups is 1. The lowest BCUT2D eigenvalue weighted by Gasteiger charge is -2.02. The third kappa shape index (κ3) is 2.00. The molecule has 0 amide bonds. The normalized spacial score (nSPS) is 9.81. The third-order valence-corrected chi connectivity index (χ3v) is 2.36. The van der Waals surface area contributed by atoms with E-state index in [-0.39, 0.29) is 12.4 Å². The van der Waals surface area contributed by atoms with Crippen LogP contribution in [-0.4, -0.2) is 16.8 Å². The van der Waals surface area contributed by atoms with Gasteiger partial charge in [0.05, 0.1) is 12.2 Å². The summed E-state index contributed by atoms with van der Waals surface area (Å²) < 4.78 is 0. The molecule has 0 heterocycles. The van der Waals surface area contributed by atoms with Crippen molar-refractivity contribution >= 4 is 10.8 Å². The second-order valence-corrected chi connectivity index (χ2v) is 3.46. The molecule has 2 heteroatoms. The molecular weight excluding hydrogens is 200 g/mol. The Morgan fingerprint density at radius 2 is 1.88 bits per heavy atom. The first-order valence-corrected chi connectivity index (χ1v) is 5.13. The molecule has 2 aromatic rings. The highest BCUT2D eigenvalue weighted by atomic mass is 16.3. The molecule has 16 heavy (non-hydrogen) atoms. The molecule has 0 aromatic heterocycles. The van der Waals surface area contributed by atoms with Crippen LogP contribution in [0.15, 0.2) is 36.4 Å². The summed E-state index contributed by atoms with van der Waals surface area (Å²) in [6.45, 7) is 0.0430. The summed E-state index contributed by atoms with van der Waals surface area (Å²) in [6, 6.07) is 11.3. The van der Waals surface area contributed by atoms with E-state index in [0.29, 0.717) is 12.0 Å². The second kappa shape index (κ2) is 4.69. The fourth-order valence-electron chi connectivity index (χ4n) is 1.57. The Kier molecular flexibility index (Phi) is 3.09. The highest BCUT2D eigenvalue weighted by Gasteiger charge is 2.02. The highest BCUT2D eigenvalue weighted by Crippen LogP contribution is 2.27. The topological polar surface area (TPSA) is 40.5 Å². The van der Waals surface area contributed by atoms with Crippen molar-refractivity contribution in [2.45, 2.75) is 6.42 Å². The van der Waals surface area contributed by atoms with Gasteiger partial charge in [0.2, 0.25) is 0 Å². The fourth-order valence-corrected chi connectivity index (χ4v) is 1.57. The average molecular weight is 212 g/mol. The van der Waals surface area contributed by atoms with Gasteiger partial charge in [-0.25, -0.2) is 0 Å². The van der Waals surface area contributed by atoms with Crippen LogP contribution >= 0.6 is 0 Å². The summed E-state index contributed by atoms with van der Waals surface area (Å²) in [4.78, 5) is 0. The molecule has 2 rings (SSSR count). The zero-order valence-corrected chi connectivity index (χ0v) is 8.77. The van der Waals surface area contributed by atoms with Gasteiger partial charge in [0.25, 0.3) is 0 Å². The van der Waals surface area contributed by atoms with Gasteiger partial charge in [0.1, 0.15) is 5.75 Å². The van der Waals surface area contributed by atoms with E-state index in [1.54, 1.807) is 6.07 Å². The molecular formula is C14H12O2. The maximum atomic E-state index is 9.98. The number of rotatable bonds is 1. The van der Waals surface area contributed by atoms with E-state index < -0.39 is 0 Å². The molecule has 80 valence electrons. The van der Waals surface area contributed by atoms with Gasteiger partial charge in [-0.1, -0.05) is 42.2 Å². The summed E-state index contributed by atoms with van der Waals surface area (Å²) in [6.07, 6.45) is 0.423. The van der Waals surface area contributed by atoms with Gasteiger partial charge < -0.3 is 10.2 Å². The molecule has 2 N–H and O–H groups in total. The van der Waals surface area contributed by atoms with Crippen LogP contribution in [0.2, 0.25) is 0 Å². The van der Waals surface area contributed by atoms with Gasteiger partial charge in [-0.2, -0.15) is 0 Å². The number of phenolic OH excluding ortho intramolecular Hbond substituents is 1. The number of hydrogen-bond acceptors (Lipinski definition) is 2. The third-order valence-electron chi connectivity index (χ3n) is 2.36. The first kappa shape index (κ1) is 10.5. The van der Waals surface area contributed by atoms with Crippen LogP contribution in [0.3, 0.4) is 0 Å². The molecule has 0 radical (unpaired) electrons. The van der Waals surface area contributed by atoms with Crippen molar-refractivity contribution in [1.82, 2.24) is 0 Å². The van der Waals surface area contributed by atoms with Crippen molar-refractivity contribution in [3.8, 4) is 17.6 Å². The Hall–Kier alpha value is -1.98. The van der Waals surface area contributed by atoms with E-state index in [2.05, 4.69) is 11.8 Å². The molecule has 0 unspecified atom stereocenters. The maximum Gasteiger partial charge on any atom is 0.139 e. The number of fused-ring (bicyclic) bond motifs is 1. The largest absolute Gasteiger partial charge is 0.506 e. The van der Waals surface area contributed by atoms with Crippen LogP contribution in [0, 0.1) is 11.8 Å². The Balaban J connectivity index is 2.49. The van der Waals surface area contributed by atoms with Crippen molar-refractivity contribution < 1.29 is 10.2 Å². The Bertz CT molecular complexity index is 562. The molecule has 2 aromatic carbocycles. The van der Waals surface area contributed by atoms with Gasteiger partial charge in [0, 0.05) is 11.8 Å².